The Kier molecular flexibility index (Phi) is 4.00. The molecule has 7 heteroatoms. The molecule has 1 aromatic heterocycles. The van der Waals surface area contributed by atoms with Crippen molar-refractivity contribution in [3.05, 3.63) is 22.5 Å². The van der Waals surface area contributed by atoms with Gasteiger partial charge in [0, 0.05) is 0 Å². The van der Waals surface area contributed by atoms with Gasteiger partial charge in [0.25, 0.3) is 6.43 Å². The third-order valence-corrected chi connectivity index (χ3v) is 1.95. The van der Waals surface area contributed by atoms with Crippen LogP contribution in [0.5, 0.6) is 5.75 Å². The second-order valence-electron chi connectivity index (χ2n) is 2.75. The van der Waals surface area contributed by atoms with Crippen molar-refractivity contribution in [2.45, 2.75) is 13.3 Å². The fourth-order valence-electron chi connectivity index (χ4n) is 0.979. The van der Waals surface area contributed by atoms with Gasteiger partial charge in [0.1, 0.15) is 5.69 Å². The van der Waals surface area contributed by atoms with Crippen LogP contribution >= 0.6 is 11.6 Å². The summed E-state index contributed by atoms with van der Waals surface area (Å²) >= 11 is 5.48. The van der Waals surface area contributed by atoms with Gasteiger partial charge in [-0.05, 0) is 13.0 Å². The van der Waals surface area contributed by atoms with Crippen molar-refractivity contribution < 1.29 is 23.4 Å². The lowest BCUT2D eigenvalue weighted by molar-refractivity contribution is 0.0514. The number of hydrogen-bond donors (Lipinski definition) is 1. The zero-order valence-corrected chi connectivity index (χ0v) is 8.96. The molecule has 0 spiro atoms. The zero-order valence-electron chi connectivity index (χ0n) is 8.21. The molecule has 88 valence electrons. The molecule has 1 rings (SSSR count). The number of pyridine rings is 1. The number of aromatic nitrogens is 1. The highest BCUT2D eigenvalue weighted by Gasteiger charge is 2.21. The quantitative estimate of drug-likeness (QED) is 0.839. The molecule has 0 saturated carbocycles. The van der Waals surface area contributed by atoms with Crippen LogP contribution < -0.4 is 0 Å². The van der Waals surface area contributed by atoms with E-state index in [0.717, 1.165) is 6.07 Å². The van der Waals surface area contributed by atoms with Crippen molar-refractivity contribution in [1.82, 2.24) is 4.98 Å². The van der Waals surface area contributed by atoms with E-state index in [1.54, 1.807) is 0 Å². The van der Waals surface area contributed by atoms with E-state index in [-0.39, 0.29) is 11.6 Å². The molecule has 0 radical (unpaired) electrons. The highest BCUT2D eigenvalue weighted by Crippen LogP contribution is 2.30. The van der Waals surface area contributed by atoms with E-state index in [4.69, 9.17) is 11.6 Å². The smallest absolute Gasteiger partial charge is 0.360 e. The maximum absolute atomic E-state index is 12.4. The molecule has 0 aliphatic rings. The molecule has 0 aromatic carbocycles. The van der Waals surface area contributed by atoms with Gasteiger partial charge in [-0.2, -0.15) is 0 Å². The molecule has 0 saturated heterocycles. The van der Waals surface area contributed by atoms with Crippen molar-refractivity contribution in [3.8, 4) is 5.75 Å². The first-order valence-electron chi connectivity index (χ1n) is 4.32. The number of carbonyl (C=O) groups excluding carboxylic acids is 1. The lowest BCUT2D eigenvalue weighted by Crippen LogP contribution is -2.09. The van der Waals surface area contributed by atoms with Gasteiger partial charge >= 0.3 is 5.97 Å². The van der Waals surface area contributed by atoms with Crippen LogP contribution in [-0.4, -0.2) is 22.7 Å². The van der Waals surface area contributed by atoms with Gasteiger partial charge < -0.3 is 9.84 Å². The van der Waals surface area contributed by atoms with Crippen LogP contribution in [0, 0.1) is 0 Å². The SMILES string of the molecule is CCOC(=O)c1nc(C(F)F)cc(Cl)c1O. The van der Waals surface area contributed by atoms with Gasteiger partial charge in [0.2, 0.25) is 0 Å². The summed E-state index contributed by atoms with van der Waals surface area (Å²) in [5, 5.41) is 8.99. The van der Waals surface area contributed by atoms with E-state index in [1.165, 1.54) is 6.92 Å². The molecule has 0 atom stereocenters. The third-order valence-electron chi connectivity index (χ3n) is 1.66. The Balaban J connectivity index is 3.21. The standard InChI is InChI=1S/C9H8ClF2NO3/c1-2-16-9(15)6-7(14)4(10)3-5(13-6)8(11)12/h3,8,14H,2H2,1H3. The molecule has 1 N–H and O–H groups in total. The maximum atomic E-state index is 12.4. The molecule has 0 amide bonds. The summed E-state index contributed by atoms with van der Waals surface area (Å²) in [5.41, 5.74) is -1.30. The van der Waals surface area contributed by atoms with Crippen LogP contribution in [0.1, 0.15) is 29.5 Å². The molecule has 1 heterocycles. The van der Waals surface area contributed by atoms with Crippen molar-refractivity contribution in [2.24, 2.45) is 0 Å². The van der Waals surface area contributed by atoms with E-state index in [2.05, 4.69) is 9.72 Å². The minimum Gasteiger partial charge on any atom is -0.504 e. The van der Waals surface area contributed by atoms with Crippen LogP contribution in [0.25, 0.3) is 0 Å². The van der Waals surface area contributed by atoms with Crippen LogP contribution in [0.4, 0.5) is 8.78 Å². The summed E-state index contributed by atoms with van der Waals surface area (Å²) in [6, 6.07) is 0.796. The van der Waals surface area contributed by atoms with E-state index in [9.17, 15) is 18.7 Å². The summed E-state index contributed by atoms with van der Waals surface area (Å²) in [5.74, 6) is -1.66. The van der Waals surface area contributed by atoms with Gasteiger partial charge in [0.15, 0.2) is 11.4 Å². The average Bonchev–Trinajstić information content (AvgIpc) is 2.21. The first-order valence-corrected chi connectivity index (χ1v) is 4.69. The number of esters is 1. The number of ether oxygens (including phenoxy) is 1. The van der Waals surface area contributed by atoms with Crippen molar-refractivity contribution in [2.75, 3.05) is 6.61 Å². The van der Waals surface area contributed by atoms with Crippen LogP contribution in [0.3, 0.4) is 0 Å². The van der Waals surface area contributed by atoms with Gasteiger partial charge in [0.05, 0.1) is 11.6 Å². The number of nitrogens with zero attached hydrogens (tertiary/aromatic N) is 1. The topological polar surface area (TPSA) is 59.4 Å². The first kappa shape index (κ1) is 12.6. The second-order valence-corrected chi connectivity index (χ2v) is 3.15. The van der Waals surface area contributed by atoms with Gasteiger partial charge in [-0.3, -0.25) is 0 Å². The maximum Gasteiger partial charge on any atom is 0.360 e. The highest BCUT2D eigenvalue weighted by atomic mass is 35.5. The number of hydrogen-bond acceptors (Lipinski definition) is 4. The van der Waals surface area contributed by atoms with Crippen LogP contribution in [-0.2, 0) is 4.74 Å². The molecule has 0 fully saturated rings. The second kappa shape index (κ2) is 5.07. The highest BCUT2D eigenvalue weighted by molar-refractivity contribution is 6.32. The number of rotatable bonds is 3. The summed E-state index contributed by atoms with van der Waals surface area (Å²) in [4.78, 5) is 14.5. The Morgan fingerprint density at radius 1 is 1.69 bits per heavy atom. The largest absolute Gasteiger partial charge is 0.504 e. The molecule has 0 aliphatic heterocycles. The molecule has 0 bridgehead atoms. The van der Waals surface area contributed by atoms with Crippen LogP contribution in [0.15, 0.2) is 6.07 Å². The molecule has 16 heavy (non-hydrogen) atoms. The van der Waals surface area contributed by atoms with Gasteiger partial charge in [-0.25, -0.2) is 18.6 Å². The summed E-state index contributed by atoms with van der Waals surface area (Å²) in [6.45, 7) is 1.57. The Bertz CT molecular complexity index is 412. The fourth-order valence-corrected chi connectivity index (χ4v) is 1.18. The molecule has 0 unspecified atom stereocenters. The number of aromatic hydroxyl groups is 1. The Morgan fingerprint density at radius 2 is 2.31 bits per heavy atom. The lowest BCUT2D eigenvalue weighted by Gasteiger charge is -2.07. The summed E-state index contributed by atoms with van der Waals surface area (Å²) < 4.78 is 29.2. The normalized spacial score (nSPS) is 10.6. The number of carbonyl (C=O) groups is 1. The van der Waals surface area contributed by atoms with Crippen molar-refractivity contribution >= 4 is 17.6 Å². The average molecular weight is 252 g/mol. The third kappa shape index (κ3) is 2.57. The van der Waals surface area contributed by atoms with Gasteiger partial charge in [-0.1, -0.05) is 11.6 Å². The molecule has 4 nitrogen and oxygen atoms in total. The predicted molar refractivity (Wildman–Crippen MR) is 51.8 cm³/mol. The summed E-state index contributed by atoms with van der Waals surface area (Å²) in [7, 11) is 0. The van der Waals surface area contributed by atoms with Crippen molar-refractivity contribution in [1.29, 1.82) is 0 Å². The fraction of sp³-hybridized carbons (Fsp3) is 0.333. The molecular formula is C9H8ClF2NO3. The minimum atomic E-state index is -2.88. The van der Waals surface area contributed by atoms with E-state index in [1.807, 2.05) is 0 Å². The molecule has 0 aliphatic carbocycles. The molecule has 1 aromatic rings. The number of halogens is 3. The van der Waals surface area contributed by atoms with E-state index in [0.29, 0.717) is 0 Å². The van der Waals surface area contributed by atoms with E-state index >= 15 is 0 Å². The lowest BCUT2D eigenvalue weighted by atomic mass is 10.2. The van der Waals surface area contributed by atoms with Gasteiger partial charge in [-0.15, -0.1) is 0 Å². The first-order chi connectivity index (χ1) is 7.47. The predicted octanol–water partition coefficient (Wildman–Crippen LogP) is 2.55. The Labute approximate surface area is 94.8 Å². The van der Waals surface area contributed by atoms with Crippen LogP contribution in [0.2, 0.25) is 5.02 Å². The number of alkyl halides is 2. The Morgan fingerprint density at radius 3 is 2.81 bits per heavy atom. The Hall–Kier alpha value is -1.43. The summed E-state index contributed by atoms with van der Waals surface area (Å²) in [6.07, 6.45) is -2.88. The zero-order chi connectivity index (χ0) is 12.3. The van der Waals surface area contributed by atoms with E-state index < -0.39 is 29.5 Å². The molecular weight excluding hydrogens is 244 g/mol. The van der Waals surface area contributed by atoms with Crippen molar-refractivity contribution in [3.63, 3.8) is 0 Å². The monoisotopic (exact) mass is 251 g/mol. The minimum absolute atomic E-state index is 0.0382.